The minimum absolute atomic E-state index is 0.0889. The van der Waals surface area contributed by atoms with E-state index >= 15 is 0 Å². The summed E-state index contributed by atoms with van der Waals surface area (Å²) in [7, 11) is 7.55. The van der Waals surface area contributed by atoms with Crippen molar-refractivity contribution in [2.75, 3.05) is 73.6 Å². The number of carbonyl (C=O) groups excluding carboxylic acids is 5. The summed E-state index contributed by atoms with van der Waals surface area (Å²) in [6.07, 6.45) is 24.3. The van der Waals surface area contributed by atoms with E-state index in [-0.39, 0.29) is 45.9 Å². The molecule has 0 unspecified atom stereocenters. The maximum atomic E-state index is 12.6. The van der Waals surface area contributed by atoms with E-state index in [2.05, 4.69) is 51.5 Å². The van der Waals surface area contributed by atoms with E-state index in [9.17, 15) is 34.1 Å². The van der Waals surface area contributed by atoms with E-state index in [1.54, 1.807) is 233 Å². The molecular formula is C105H86Cl5N13O12. The third-order valence-electron chi connectivity index (χ3n) is 19.2. The predicted molar refractivity (Wildman–Crippen MR) is 542 cm³/mol. The van der Waals surface area contributed by atoms with Gasteiger partial charge in [0.2, 0.25) is 0 Å². The highest BCUT2D eigenvalue weighted by molar-refractivity contribution is 6.32. The average Bonchev–Trinajstić information content (AvgIpc) is 0.829. The van der Waals surface area contributed by atoms with Gasteiger partial charge in [0.1, 0.15) is 40.6 Å². The first-order valence-corrected chi connectivity index (χ1v) is 42.8. The summed E-state index contributed by atoms with van der Waals surface area (Å²) >= 11 is 29.5. The van der Waals surface area contributed by atoms with Crippen molar-refractivity contribution in [3.8, 4) is 28.7 Å². The Balaban J connectivity index is 0.000000162. The van der Waals surface area contributed by atoms with E-state index in [1.165, 1.54) is 69.9 Å². The van der Waals surface area contributed by atoms with Gasteiger partial charge >= 0.3 is 5.69 Å². The lowest BCUT2D eigenvalue weighted by Gasteiger charge is -2.09. The number of anilines is 12. The number of nitrogens with zero attached hydrogens (tertiary/aromatic N) is 6. The molecule has 25 nitrogen and oxygen atoms in total. The Bertz CT molecular complexity index is 6780. The molecule has 0 fully saturated rings. The highest BCUT2D eigenvalue weighted by atomic mass is 35.5. The number of aromatic nitrogens is 5. The smallest absolute Gasteiger partial charge is 0.311 e. The molecule has 15 aromatic rings. The third-order valence-corrected chi connectivity index (χ3v) is 20.5. The van der Waals surface area contributed by atoms with Crippen LogP contribution in [0.2, 0.25) is 25.1 Å². The molecule has 0 aliphatic rings. The van der Waals surface area contributed by atoms with E-state index in [0.29, 0.717) is 116 Å². The van der Waals surface area contributed by atoms with Crippen LogP contribution in [-0.2, 0) is 0 Å². The number of ether oxygens (including phenoxy) is 5. The summed E-state index contributed by atoms with van der Waals surface area (Å²) in [6, 6.07) is 82.7. The van der Waals surface area contributed by atoms with Crippen LogP contribution in [0.1, 0.15) is 79.6 Å². The number of allylic oxidation sites excluding steroid dienone is 5. The van der Waals surface area contributed by atoms with Gasteiger partial charge in [-0.25, -0.2) is 24.9 Å². The molecule has 0 amide bonds. The summed E-state index contributed by atoms with van der Waals surface area (Å²) in [5.74, 6) is 4.71. The van der Waals surface area contributed by atoms with Crippen LogP contribution < -0.4 is 61.7 Å². The maximum Gasteiger partial charge on any atom is 0.311 e. The zero-order valence-electron chi connectivity index (χ0n) is 72.9. The number of hydrogen-bond donors (Lipinski definition) is 7. The standard InChI is InChI=1S/C22H19ClN2O3.C21H16ClN3O4.C21H18ClN3O2.C21H17ClN2O2.C20H16ClN3O/c1-27-20-12-6-16(14-21(20)28-2)19(26)11-5-15-4-3-13-24-22(15)25-18-9-7-17(23)8-10-18;1-29-20-11-5-15(13-18(20)25(27)28)19(26)10-4-14-3-2-12-23-21(14)24-17-8-6-16(22)7-9-17;1-27-20-11-5-15(13-18(20)23)19(26)10-4-14-3-2-12-24-21(14)25-17-8-6-16(22)7-9-17;1-26-19-11-4-15(5-12-19)20(25)13-6-16-3-2-14-23-21(16)24-18-9-7-17(22)8-10-18;21-16-6-10-18(11-7-16)24-20-15(2-1-13-23-20)5-12-19(25)14-3-8-17(22)9-4-14/h3-14H,1-2H3,(H,24,25);2-13H,1H3,(H,23,24);2-13H,23H2,1H3,(H,24,25);2-14H,1H3,(H,23,24);1-13H,22H2,(H,23,24)/b11-5+;2*10-4+;13-6+;12-5+. The summed E-state index contributed by atoms with van der Waals surface area (Å²) in [5.41, 5.74) is 22.7. The highest BCUT2D eigenvalue weighted by Crippen LogP contribution is 2.33. The van der Waals surface area contributed by atoms with Crippen molar-refractivity contribution in [3.63, 3.8) is 0 Å². The lowest BCUT2D eigenvalue weighted by atomic mass is 10.1. The fourth-order valence-corrected chi connectivity index (χ4v) is 12.8. The lowest BCUT2D eigenvalue weighted by Crippen LogP contribution is -2.00. The molecule has 30 heteroatoms. The molecule has 0 saturated carbocycles. The van der Waals surface area contributed by atoms with Crippen molar-refractivity contribution in [2.24, 2.45) is 0 Å². The van der Waals surface area contributed by atoms with Gasteiger partial charge in [0.25, 0.3) is 0 Å². The number of pyridine rings is 5. The van der Waals surface area contributed by atoms with Crippen molar-refractivity contribution in [2.45, 2.75) is 0 Å². The number of rotatable bonds is 31. The van der Waals surface area contributed by atoms with Gasteiger partial charge in [0, 0.05) is 152 Å². The van der Waals surface area contributed by atoms with Crippen LogP contribution in [0.25, 0.3) is 30.4 Å². The fraction of sp³-hybridized carbons (Fsp3) is 0.0476. The van der Waals surface area contributed by atoms with Crippen LogP contribution in [0.15, 0.2) is 346 Å². The number of methoxy groups -OCH3 is 5. The quantitative estimate of drug-likeness (QED) is 0.00697. The second-order valence-electron chi connectivity index (χ2n) is 28.4. The van der Waals surface area contributed by atoms with E-state index in [4.69, 9.17) is 93.2 Å². The number of nitrogens with one attached hydrogen (secondary N) is 5. The molecule has 0 bridgehead atoms. The predicted octanol–water partition coefficient (Wildman–Crippen LogP) is 26.0. The molecule has 10 aromatic carbocycles. The van der Waals surface area contributed by atoms with Gasteiger partial charge < -0.3 is 61.7 Å². The van der Waals surface area contributed by atoms with E-state index in [1.807, 2.05) is 109 Å². The molecule has 9 N–H and O–H groups in total. The minimum atomic E-state index is -0.589. The molecule has 135 heavy (non-hydrogen) atoms. The lowest BCUT2D eigenvalue weighted by molar-refractivity contribution is -0.385. The first kappa shape index (κ1) is 99.0. The van der Waals surface area contributed by atoms with Crippen molar-refractivity contribution < 1.29 is 52.6 Å². The van der Waals surface area contributed by atoms with Crippen molar-refractivity contribution in [1.29, 1.82) is 0 Å². The summed E-state index contributed by atoms with van der Waals surface area (Å²) in [5, 5.41) is 30.5. The zero-order valence-corrected chi connectivity index (χ0v) is 76.7. The second kappa shape index (κ2) is 50.6. The third kappa shape index (κ3) is 30.5. The Hall–Kier alpha value is -16.6. The van der Waals surface area contributed by atoms with E-state index in [0.717, 1.165) is 50.7 Å². The summed E-state index contributed by atoms with van der Waals surface area (Å²) in [6.45, 7) is 0. The molecule has 0 aliphatic carbocycles. The number of nitro groups is 1. The van der Waals surface area contributed by atoms with Crippen LogP contribution >= 0.6 is 58.0 Å². The first-order valence-electron chi connectivity index (χ1n) is 40.9. The molecular weight excluding hydrogens is 1810 g/mol. The molecule has 5 heterocycles. The van der Waals surface area contributed by atoms with Crippen LogP contribution in [0.4, 0.5) is 74.6 Å². The minimum Gasteiger partial charge on any atom is -0.497 e. The largest absolute Gasteiger partial charge is 0.497 e. The van der Waals surface area contributed by atoms with Gasteiger partial charge in [-0.3, -0.25) is 34.1 Å². The van der Waals surface area contributed by atoms with Gasteiger partial charge in [-0.15, -0.1) is 0 Å². The number of hydrogen-bond acceptors (Lipinski definition) is 24. The molecule has 0 spiro atoms. The normalized spacial score (nSPS) is 10.7. The van der Waals surface area contributed by atoms with Gasteiger partial charge in [-0.2, -0.15) is 0 Å². The average molecular weight is 1900 g/mol. The van der Waals surface area contributed by atoms with Crippen LogP contribution in [0.3, 0.4) is 0 Å². The molecule has 0 saturated heterocycles. The number of nitro benzene ring substituents is 1. The number of benzene rings is 10. The maximum absolute atomic E-state index is 12.6. The molecule has 0 atom stereocenters. The molecule has 678 valence electrons. The van der Waals surface area contributed by atoms with Gasteiger partial charge in [0.15, 0.2) is 46.2 Å². The number of nitrogen functional groups attached to an aromatic ring is 2. The van der Waals surface area contributed by atoms with Crippen LogP contribution in [-0.4, -0.2) is 94.3 Å². The van der Waals surface area contributed by atoms with Crippen LogP contribution in [0.5, 0.6) is 28.7 Å². The zero-order chi connectivity index (χ0) is 96.0. The highest BCUT2D eigenvalue weighted by Gasteiger charge is 2.19. The fourth-order valence-electron chi connectivity index (χ4n) is 12.2. The number of halogens is 5. The Morgan fingerprint density at radius 3 is 0.822 bits per heavy atom. The Kier molecular flexibility index (Phi) is 37.1. The molecule has 5 aromatic heterocycles. The van der Waals surface area contributed by atoms with E-state index < -0.39 is 4.92 Å². The summed E-state index contributed by atoms with van der Waals surface area (Å²) in [4.78, 5) is 94.3. The Morgan fingerprint density at radius 1 is 0.296 bits per heavy atom. The Labute approximate surface area is 803 Å². The first-order chi connectivity index (χ1) is 65.4. The second-order valence-corrected chi connectivity index (χ2v) is 30.6. The van der Waals surface area contributed by atoms with Crippen molar-refractivity contribution in [3.05, 3.63) is 437 Å². The van der Waals surface area contributed by atoms with Crippen molar-refractivity contribution in [1.82, 2.24) is 24.9 Å². The van der Waals surface area contributed by atoms with Gasteiger partial charge in [0.05, 0.1) is 46.2 Å². The Morgan fingerprint density at radius 2 is 0.548 bits per heavy atom. The monoisotopic (exact) mass is 1900 g/mol. The molecule has 15 rings (SSSR count). The number of carbonyl (C=O) groups is 5. The molecule has 0 radical (unpaired) electrons. The van der Waals surface area contributed by atoms with Gasteiger partial charge in [-0.1, -0.05) is 58.0 Å². The summed E-state index contributed by atoms with van der Waals surface area (Å²) < 4.78 is 25.6. The SMILES string of the molecule is COc1ccc(C(=O)/C=C/c2cccnc2Nc2ccc(Cl)cc2)cc1.COc1ccc(C(=O)/C=C/c2cccnc2Nc2ccc(Cl)cc2)cc1N.COc1ccc(C(=O)/C=C/c2cccnc2Nc2ccc(Cl)cc2)cc1OC.COc1ccc(C(=O)/C=C/c2cccnc2Nc2ccc(Cl)cc2)cc1[N+](=O)[O-].Nc1ccc(C(=O)/C=C/c2cccnc2Nc2ccc(Cl)cc2)cc1. The van der Waals surface area contributed by atoms with Gasteiger partial charge in [-0.05, 0) is 340 Å². The topological polar surface area (TPSA) is 351 Å². The number of nitrogens with two attached hydrogens (primary N) is 2. The molecule has 0 aliphatic heterocycles. The van der Waals surface area contributed by atoms with Crippen LogP contribution in [0, 0.1) is 10.1 Å². The number of ketones is 5. The van der Waals surface area contributed by atoms with Crippen molar-refractivity contribution >= 4 is 192 Å².